The van der Waals surface area contributed by atoms with Crippen molar-refractivity contribution in [3.63, 3.8) is 0 Å². The number of quaternary nitrogens is 1. The van der Waals surface area contributed by atoms with Gasteiger partial charge in [0.1, 0.15) is 0 Å². The van der Waals surface area contributed by atoms with Crippen molar-refractivity contribution in [2.45, 2.75) is 26.3 Å². The lowest BCUT2D eigenvalue weighted by Gasteiger charge is -2.25. The molecule has 2 N–H and O–H groups in total. The molecule has 0 aromatic heterocycles. The highest BCUT2D eigenvalue weighted by Crippen LogP contribution is 2.31. The second-order valence-corrected chi connectivity index (χ2v) is 7.40. The number of hydrogen-bond acceptors (Lipinski definition) is 3. The van der Waals surface area contributed by atoms with E-state index < -0.39 is 0 Å². The monoisotopic (exact) mass is 347 g/mol. The minimum absolute atomic E-state index is 0.0679. The molecule has 0 heterocycles. The van der Waals surface area contributed by atoms with Crippen LogP contribution in [0.15, 0.2) is 18.2 Å². The van der Waals surface area contributed by atoms with Gasteiger partial charge in [-0.05, 0) is 36.6 Å². The lowest BCUT2D eigenvalue weighted by molar-refractivity contribution is -0.857. The lowest BCUT2D eigenvalue weighted by atomic mass is 10.1. The summed E-state index contributed by atoms with van der Waals surface area (Å²) >= 11 is 0. The molecule has 6 nitrogen and oxygen atoms in total. The Morgan fingerprint density at radius 1 is 1.24 bits per heavy atom. The average Bonchev–Trinajstić information content (AvgIpc) is 3.35. The zero-order chi connectivity index (χ0) is 18.6. The second kappa shape index (κ2) is 8.34. The molecule has 6 heteroatoms. The van der Waals surface area contributed by atoms with Gasteiger partial charge < -0.3 is 20.0 Å². The van der Waals surface area contributed by atoms with Crippen LogP contribution in [0.1, 0.15) is 25.3 Å². The topological polar surface area (TPSA) is 57.1 Å². The Morgan fingerprint density at radius 2 is 1.92 bits per heavy atom. The van der Waals surface area contributed by atoms with Gasteiger partial charge in [0.15, 0.2) is 0 Å². The first kappa shape index (κ1) is 19.2. The molecule has 1 aliphatic carbocycles. The number of hydrogen-bond donors (Lipinski definition) is 2. The van der Waals surface area contributed by atoms with Crippen molar-refractivity contribution in [2.24, 2.45) is 5.92 Å². The fraction of sp³-hybridized carbons (Fsp3) is 0.579. The number of likely N-dealkylation sites (N-methyl/N-ethyl adjacent to an activating group) is 1. The van der Waals surface area contributed by atoms with E-state index >= 15 is 0 Å². The van der Waals surface area contributed by atoms with E-state index in [9.17, 15) is 9.59 Å². The number of carbonyl (C=O) groups excluding carboxylic acids is 2. The maximum atomic E-state index is 12.0. The molecular weight excluding hydrogens is 316 g/mol. The number of nitrogens with one attached hydrogen (secondary N) is 2. The number of rotatable bonds is 8. The molecule has 1 fully saturated rings. The van der Waals surface area contributed by atoms with E-state index in [0.717, 1.165) is 36.3 Å². The molecule has 138 valence electrons. The van der Waals surface area contributed by atoms with Crippen molar-refractivity contribution in [1.29, 1.82) is 0 Å². The molecule has 1 aromatic rings. The second-order valence-electron chi connectivity index (χ2n) is 7.40. The first-order chi connectivity index (χ1) is 11.8. The normalized spacial score (nSPS) is 13.7. The Bertz CT molecular complexity index is 624. The van der Waals surface area contributed by atoms with E-state index in [0.29, 0.717) is 13.1 Å². The van der Waals surface area contributed by atoms with Gasteiger partial charge in [-0.2, -0.15) is 0 Å². The molecule has 0 atom stereocenters. The summed E-state index contributed by atoms with van der Waals surface area (Å²) in [5.41, 5.74) is 2.91. The first-order valence-corrected chi connectivity index (χ1v) is 8.93. The number of nitrogens with zero attached hydrogens (tertiary/aromatic N) is 2. The third-order valence-corrected chi connectivity index (χ3v) is 4.47. The van der Waals surface area contributed by atoms with E-state index in [1.165, 1.54) is 4.90 Å². The Labute approximate surface area is 150 Å². The van der Waals surface area contributed by atoms with Gasteiger partial charge in [-0.3, -0.25) is 9.59 Å². The smallest absolute Gasteiger partial charge is 0.227 e. The molecule has 0 radical (unpaired) electrons. The molecule has 1 aliphatic rings. The van der Waals surface area contributed by atoms with Crippen LogP contribution in [0.25, 0.3) is 0 Å². The van der Waals surface area contributed by atoms with Crippen molar-refractivity contribution in [3.8, 4) is 0 Å². The first-order valence-electron chi connectivity index (χ1n) is 8.93. The third-order valence-electron chi connectivity index (χ3n) is 4.47. The van der Waals surface area contributed by atoms with Crippen molar-refractivity contribution in [1.82, 2.24) is 4.90 Å². The number of anilines is 2. The summed E-state index contributed by atoms with van der Waals surface area (Å²) in [7, 11) is 8.14. The average molecular weight is 347 g/mol. The molecule has 0 aliphatic heterocycles. The summed E-state index contributed by atoms with van der Waals surface area (Å²) in [5.74, 6) is 0.343. The number of carbonyl (C=O) groups is 2. The summed E-state index contributed by atoms with van der Waals surface area (Å²) in [4.78, 5) is 29.3. The summed E-state index contributed by atoms with van der Waals surface area (Å²) in [6.45, 7) is 3.76. The Morgan fingerprint density at radius 3 is 2.44 bits per heavy atom. The van der Waals surface area contributed by atoms with Gasteiger partial charge in [0.05, 0.1) is 27.2 Å². The highest BCUT2D eigenvalue weighted by atomic mass is 16.2. The molecule has 0 unspecified atom stereocenters. The zero-order valence-corrected chi connectivity index (χ0v) is 16.1. The summed E-state index contributed by atoms with van der Waals surface area (Å²) < 4.78 is 0. The Hall–Kier alpha value is -2.08. The summed E-state index contributed by atoms with van der Waals surface area (Å²) in [5, 5.41) is 3.00. The largest absolute Gasteiger partial charge is 0.377 e. The zero-order valence-electron chi connectivity index (χ0n) is 16.1. The third kappa shape index (κ3) is 5.74. The summed E-state index contributed by atoms with van der Waals surface area (Å²) in [6, 6.07) is 5.93. The molecule has 0 saturated heterocycles. The van der Waals surface area contributed by atoms with Crippen LogP contribution in [-0.4, -0.2) is 58.0 Å². The highest BCUT2D eigenvalue weighted by Gasteiger charge is 2.29. The van der Waals surface area contributed by atoms with Crippen LogP contribution in [0, 0.1) is 5.92 Å². The van der Waals surface area contributed by atoms with Crippen molar-refractivity contribution >= 4 is 23.2 Å². The molecule has 0 bridgehead atoms. The van der Waals surface area contributed by atoms with Gasteiger partial charge in [0, 0.05) is 44.9 Å². The maximum absolute atomic E-state index is 12.0. The SMILES string of the molecule is CC(=O)N(CC[NH+](C)C)Cc1cc(NC(=O)C2CC2)ccc1N(C)C. The van der Waals surface area contributed by atoms with Crippen LogP contribution in [0.5, 0.6) is 0 Å². The van der Waals surface area contributed by atoms with E-state index in [1.807, 2.05) is 42.1 Å². The van der Waals surface area contributed by atoms with Crippen molar-refractivity contribution < 1.29 is 14.5 Å². The minimum atomic E-state index is 0.0679. The van der Waals surface area contributed by atoms with Gasteiger partial charge in [-0.15, -0.1) is 0 Å². The van der Waals surface area contributed by atoms with E-state index in [1.54, 1.807) is 6.92 Å². The number of amides is 2. The van der Waals surface area contributed by atoms with Crippen LogP contribution >= 0.6 is 0 Å². The van der Waals surface area contributed by atoms with Gasteiger partial charge >= 0.3 is 0 Å². The Kier molecular flexibility index (Phi) is 6.42. The molecule has 2 rings (SSSR count). The van der Waals surface area contributed by atoms with E-state index in [2.05, 4.69) is 19.4 Å². The van der Waals surface area contributed by atoms with Crippen LogP contribution in [0.4, 0.5) is 11.4 Å². The van der Waals surface area contributed by atoms with Crippen LogP contribution < -0.4 is 15.1 Å². The summed E-state index contributed by atoms with van der Waals surface area (Å²) in [6.07, 6.45) is 1.97. The molecule has 0 spiro atoms. The van der Waals surface area contributed by atoms with Gasteiger partial charge in [-0.25, -0.2) is 0 Å². The van der Waals surface area contributed by atoms with E-state index in [4.69, 9.17) is 0 Å². The quantitative estimate of drug-likeness (QED) is 0.724. The minimum Gasteiger partial charge on any atom is -0.377 e. The molecule has 2 amide bonds. The predicted octanol–water partition coefficient (Wildman–Crippen LogP) is 0.594. The maximum Gasteiger partial charge on any atom is 0.227 e. The number of benzene rings is 1. The van der Waals surface area contributed by atoms with Crippen molar-refractivity contribution in [2.75, 3.05) is 51.5 Å². The molecule has 25 heavy (non-hydrogen) atoms. The van der Waals surface area contributed by atoms with Gasteiger partial charge in [0.2, 0.25) is 11.8 Å². The van der Waals surface area contributed by atoms with Crippen LogP contribution in [-0.2, 0) is 16.1 Å². The van der Waals surface area contributed by atoms with Gasteiger partial charge in [0.25, 0.3) is 0 Å². The fourth-order valence-corrected chi connectivity index (χ4v) is 2.73. The van der Waals surface area contributed by atoms with E-state index in [-0.39, 0.29) is 17.7 Å². The molecule has 1 saturated carbocycles. The highest BCUT2D eigenvalue weighted by molar-refractivity contribution is 5.94. The molecule has 1 aromatic carbocycles. The Balaban J connectivity index is 2.18. The fourth-order valence-electron chi connectivity index (χ4n) is 2.73. The van der Waals surface area contributed by atoms with Crippen molar-refractivity contribution in [3.05, 3.63) is 23.8 Å². The van der Waals surface area contributed by atoms with Crippen LogP contribution in [0.2, 0.25) is 0 Å². The predicted molar refractivity (Wildman–Crippen MR) is 101 cm³/mol. The standard InChI is InChI=1S/C19H30N4O2/c1-14(24)23(11-10-21(2)3)13-16-12-17(8-9-18(16)22(4)5)20-19(25)15-6-7-15/h8-9,12,15H,6-7,10-11,13H2,1-5H3,(H,20,25)/p+1. The van der Waals surface area contributed by atoms with Gasteiger partial charge in [-0.1, -0.05) is 0 Å². The lowest BCUT2D eigenvalue weighted by Crippen LogP contribution is -3.06. The van der Waals surface area contributed by atoms with Crippen LogP contribution in [0.3, 0.4) is 0 Å². The molecular formula is C19H31N4O2+.